The number of rotatable bonds is 3. The molecule has 2 heterocycles. The first kappa shape index (κ1) is 11.8. The highest BCUT2D eigenvalue weighted by Gasteiger charge is 2.10. The smallest absolute Gasteiger partial charge is 0.394 e. The molecule has 0 aliphatic heterocycles. The number of para-hydroxylation sites is 2. The summed E-state index contributed by atoms with van der Waals surface area (Å²) < 4.78 is 16.1. The third kappa shape index (κ3) is 2.06. The number of ether oxygens (including phenoxy) is 1. The summed E-state index contributed by atoms with van der Waals surface area (Å²) in [5, 5.41) is 9.93. The first-order chi connectivity index (χ1) is 10.3. The molecule has 2 aromatic heterocycles. The zero-order valence-electron chi connectivity index (χ0n) is 10.8. The van der Waals surface area contributed by atoms with Gasteiger partial charge in [-0.05, 0) is 18.2 Å². The third-order valence-corrected chi connectivity index (χ3v) is 3.16. The van der Waals surface area contributed by atoms with Gasteiger partial charge in [-0.2, -0.15) is 4.98 Å². The van der Waals surface area contributed by atoms with E-state index < -0.39 is 0 Å². The summed E-state index contributed by atoms with van der Waals surface area (Å²) in [6.45, 7) is 0.120. The van der Waals surface area contributed by atoms with Crippen LogP contribution in [0.5, 0.6) is 11.8 Å². The van der Waals surface area contributed by atoms with E-state index in [4.69, 9.17) is 13.6 Å². The number of hydrogen-bond acceptors (Lipinski definition) is 6. The van der Waals surface area contributed by atoms with E-state index in [1.54, 1.807) is 6.07 Å². The van der Waals surface area contributed by atoms with Crippen molar-refractivity contribution in [3.05, 3.63) is 48.4 Å². The van der Waals surface area contributed by atoms with E-state index in [0.717, 1.165) is 5.52 Å². The van der Waals surface area contributed by atoms with Gasteiger partial charge in [0.2, 0.25) is 0 Å². The largest absolute Gasteiger partial charge is 0.507 e. The first-order valence-corrected chi connectivity index (χ1v) is 6.33. The molecule has 0 aliphatic carbocycles. The summed E-state index contributed by atoms with van der Waals surface area (Å²) in [7, 11) is 0. The van der Waals surface area contributed by atoms with E-state index in [2.05, 4.69) is 9.97 Å². The van der Waals surface area contributed by atoms with Gasteiger partial charge in [-0.15, -0.1) is 0 Å². The monoisotopic (exact) mass is 282 g/mol. The van der Waals surface area contributed by atoms with E-state index in [1.165, 1.54) is 12.5 Å². The first-order valence-electron chi connectivity index (χ1n) is 6.33. The van der Waals surface area contributed by atoms with Gasteiger partial charge in [0.15, 0.2) is 17.6 Å². The Kier molecular flexibility index (Phi) is 2.53. The van der Waals surface area contributed by atoms with E-state index in [0.29, 0.717) is 22.2 Å². The molecular weight excluding hydrogens is 272 g/mol. The summed E-state index contributed by atoms with van der Waals surface area (Å²) in [4.78, 5) is 8.17. The molecule has 1 N–H and O–H groups in total. The maximum absolute atomic E-state index is 9.93. The van der Waals surface area contributed by atoms with Crippen LogP contribution < -0.4 is 4.74 Å². The standard InChI is InChI=1S/C15H10N2O4/c18-12-6-11-14(20-8-16-11)5-9(12)7-19-15-17-10-3-1-2-4-13(10)21-15/h1-6,8,18H,7H2. The van der Waals surface area contributed by atoms with E-state index in [9.17, 15) is 5.11 Å². The molecule has 104 valence electrons. The lowest BCUT2D eigenvalue weighted by molar-refractivity contribution is 0.223. The Morgan fingerprint density at radius 3 is 2.90 bits per heavy atom. The molecule has 2 aromatic carbocycles. The predicted octanol–water partition coefficient (Wildman–Crippen LogP) is 3.25. The average molecular weight is 282 g/mol. The second-order valence-electron chi connectivity index (χ2n) is 4.54. The summed E-state index contributed by atoms with van der Waals surface area (Å²) in [6.07, 6.45) is 1.49. The van der Waals surface area contributed by atoms with E-state index in [1.807, 2.05) is 24.3 Å². The molecule has 6 nitrogen and oxygen atoms in total. The second kappa shape index (κ2) is 4.52. The summed E-state index contributed by atoms with van der Waals surface area (Å²) in [6, 6.07) is 10.6. The predicted molar refractivity (Wildman–Crippen MR) is 74.0 cm³/mol. The highest BCUT2D eigenvalue weighted by Crippen LogP contribution is 2.26. The van der Waals surface area contributed by atoms with Gasteiger partial charge >= 0.3 is 6.08 Å². The molecule has 6 heteroatoms. The Hall–Kier alpha value is -3.02. The number of benzene rings is 2. The molecule has 0 amide bonds. The van der Waals surface area contributed by atoms with Crippen molar-refractivity contribution < 1.29 is 18.7 Å². The van der Waals surface area contributed by atoms with Gasteiger partial charge in [0.25, 0.3) is 0 Å². The number of phenols is 1. The van der Waals surface area contributed by atoms with Crippen LogP contribution in [0.3, 0.4) is 0 Å². The molecule has 21 heavy (non-hydrogen) atoms. The molecule has 0 saturated carbocycles. The van der Waals surface area contributed by atoms with Crippen LogP contribution in [0.1, 0.15) is 5.56 Å². The Bertz CT molecular complexity index is 893. The van der Waals surface area contributed by atoms with Crippen LogP contribution >= 0.6 is 0 Å². The van der Waals surface area contributed by atoms with Crippen molar-refractivity contribution >= 4 is 22.2 Å². The highest BCUT2D eigenvalue weighted by atomic mass is 16.6. The van der Waals surface area contributed by atoms with Crippen molar-refractivity contribution in [3.8, 4) is 11.8 Å². The van der Waals surface area contributed by atoms with Gasteiger partial charge in [0.05, 0.1) is 0 Å². The fourth-order valence-electron chi connectivity index (χ4n) is 2.10. The molecule has 0 unspecified atom stereocenters. The van der Waals surface area contributed by atoms with Crippen LogP contribution in [0.4, 0.5) is 0 Å². The molecule has 0 aliphatic rings. The molecule has 0 fully saturated rings. The molecule has 0 saturated heterocycles. The van der Waals surface area contributed by atoms with Gasteiger partial charge in [-0.1, -0.05) is 12.1 Å². The lowest BCUT2D eigenvalue weighted by atomic mass is 10.2. The SMILES string of the molecule is Oc1cc2ncoc2cc1COc1nc2ccccc2o1. The number of aromatic nitrogens is 2. The molecule has 4 rings (SSSR count). The van der Waals surface area contributed by atoms with Crippen LogP contribution in [0, 0.1) is 0 Å². The number of hydrogen-bond donors (Lipinski definition) is 1. The summed E-state index contributed by atoms with van der Waals surface area (Å²) in [5.41, 5.74) is 3.13. The molecular formula is C15H10N2O4. The number of nitrogens with zero attached hydrogens (tertiary/aromatic N) is 2. The van der Waals surface area contributed by atoms with Crippen LogP contribution in [0.25, 0.3) is 22.2 Å². The summed E-state index contributed by atoms with van der Waals surface area (Å²) >= 11 is 0. The quantitative estimate of drug-likeness (QED) is 0.621. The van der Waals surface area contributed by atoms with Crippen molar-refractivity contribution in [2.75, 3.05) is 0 Å². The Labute approximate surface area is 118 Å². The van der Waals surface area contributed by atoms with Gasteiger partial charge < -0.3 is 18.7 Å². The van der Waals surface area contributed by atoms with Crippen LogP contribution in [0.2, 0.25) is 0 Å². The topological polar surface area (TPSA) is 81.5 Å². The van der Waals surface area contributed by atoms with Gasteiger partial charge in [-0.25, -0.2) is 4.98 Å². The van der Waals surface area contributed by atoms with Crippen molar-refractivity contribution in [2.45, 2.75) is 6.61 Å². The van der Waals surface area contributed by atoms with Crippen LogP contribution in [0.15, 0.2) is 51.6 Å². The molecule has 0 spiro atoms. The number of phenolic OH excluding ortho intramolecular Hbond substituents is 1. The average Bonchev–Trinajstić information content (AvgIpc) is 3.09. The lowest BCUT2D eigenvalue weighted by Crippen LogP contribution is -1.96. The molecule has 0 atom stereocenters. The second-order valence-corrected chi connectivity index (χ2v) is 4.54. The van der Waals surface area contributed by atoms with Gasteiger partial charge in [0.1, 0.15) is 23.4 Å². The van der Waals surface area contributed by atoms with Gasteiger partial charge in [-0.3, -0.25) is 0 Å². The zero-order valence-corrected chi connectivity index (χ0v) is 10.8. The highest BCUT2D eigenvalue weighted by molar-refractivity contribution is 5.75. The van der Waals surface area contributed by atoms with Crippen molar-refractivity contribution in [3.63, 3.8) is 0 Å². The fourth-order valence-corrected chi connectivity index (χ4v) is 2.10. The minimum atomic E-state index is 0.0903. The fraction of sp³-hybridized carbons (Fsp3) is 0.0667. The van der Waals surface area contributed by atoms with E-state index >= 15 is 0 Å². The summed E-state index contributed by atoms with van der Waals surface area (Å²) in [5.74, 6) is 0.0903. The zero-order chi connectivity index (χ0) is 14.2. The Balaban J connectivity index is 1.61. The van der Waals surface area contributed by atoms with E-state index in [-0.39, 0.29) is 18.4 Å². The lowest BCUT2D eigenvalue weighted by Gasteiger charge is -2.04. The Morgan fingerprint density at radius 1 is 1.10 bits per heavy atom. The minimum Gasteiger partial charge on any atom is -0.507 e. The number of aromatic hydroxyl groups is 1. The molecule has 0 radical (unpaired) electrons. The maximum Gasteiger partial charge on any atom is 0.394 e. The van der Waals surface area contributed by atoms with Crippen molar-refractivity contribution in [2.24, 2.45) is 0 Å². The molecule has 4 aromatic rings. The van der Waals surface area contributed by atoms with Gasteiger partial charge in [0, 0.05) is 11.6 Å². The number of oxazole rings is 2. The normalized spacial score (nSPS) is 11.2. The third-order valence-electron chi connectivity index (χ3n) is 3.16. The maximum atomic E-state index is 9.93. The number of fused-ring (bicyclic) bond motifs is 2. The van der Waals surface area contributed by atoms with Crippen molar-refractivity contribution in [1.29, 1.82) is 0 Å². The van der Waals surface area contributed by atoms with Crippen molar-refractivity contribution in [1.82, 2.24) is 9.97 Å². The molecule has 0 bridgehead atoms. The van der Waals surface area contributed by atoms with Crippen LogP contribution in [-0.4, -0.2) is 15.1 Å². The van der Waals surface area contributed by atoms with Crippen LogP contribution in [-0.2, 0) is 6.61 Å². The Morgan fingerprint density at radius 2 is 2.00 bits per heavy atom. The minimum absolute atomic E-state index is 0.0903.